The van der Waals surface area contributed by atoms with Crippen LogP contribution in [0.1, 0.15) is 32.1 Å². The van der Waals surface area contributed by atoms with Crippen LogP contribution in [0.25, 0.3) is 0 Å². The summed E-state index contributed by atoms with van der Waals surface area (Å²) >= 11 is 5.94. The number of piperidine rings is 2. The van der Waals surface area contributed by atoms with Crippen LogP contribution in [0, 0.1) is 0 Å². The van der Waals surface area contributed by atoms with Crippen molar-refractivity contribution in [1.82, 2.24) is 14.1 Å². The molecule has 0 atom stereocenters. The van der Waals surface area contributed by atoms with Gasteiger partial charge in [-0.05, 0) is 68.5 Å². The molecule has 0 bridgehead atoms. The van der Waals surface area contributed by atoms with Crippen LogP contribution in [0.3, 0.4) is 0 Å². The van der Waals surface area contributed by atoms with E-state index in [2.05, 4.69) is 4.90 Å². The van der Waals surface area contributed by atoms with Crippen molar-refractivity contribution >= 4 is 39.1 Å². The molecule has 3 heterocycles. The number of carbonyl (C=O) groups excluding carboxylic acids is 2. The summed E-state index contributed by atoms with van der Waals surface area (Å²) in [6.45, 7) is 2.28. The summed E-state index contributed by atoms with van der Waals surface area (Å²) in [6, 6.07) is 15.8. The van der Waals surface area contributed by atoms with E-state index in [4.69, 9.17) is 11.6 Å². The standard InChI is InChI=1S/C26H31ClN4O4S/c27-21-9-11-23(12-10-21)36(34,35)30-17-13-26(14-18-30)25(33)29(19-24(32)28-15-5-2-6-16-28)20-31(26)22-7-3-1-4-8-22/h1,3-4,7-12H,2,5-6,13-20H2. The number of carbonyl (C=O) groups is 2. The van der Waals surface area contributed by atoms with Crippen molar-refractivity contribution in [3.63, 3.8) is 0 Å². The fourth-order valence-electron chi connectivity index (χ4n) is 5.58. The van der Waals surface area contributed by atoms with Gasteiger partial charge in [-0.25, -0.2) is 8.42 Å². The lowest BCUT2D eigenvalue weighted by molar-refractivity contribution is -0.141. The first-order valence-corrected chi connectivity index (χ1v) is 14.3. The molecule has 0 unspecified atom stereocenters. The summed E-state index contributed by atoms with van der Waals surface area (Å²) in [5.41, 5.74) is 0.0167. The zero-order valence-electron chi connectivity index (χ0n) is 20.2. The number of para-hydroxylation sites is 1. The SMILES string of the molecule is O=C(CN1CN(c2ccccc2)C2(CCN(S(=O)(=O)c3ccc(Cl)cc3)CC2)C1=O)N1CCCCC1. The lowest BCUT2D eigenvalue weighted by atomic mass is 9.86. The number of likely N-dealkylation sites (tertiary alicyclic amines) is 1. The average molecular weight is 531 g/mol. The van der Waals surface area contributed by atoms with Crippen molar-refractivity contribution in [3.8, 4) is 0 Å². The molecule has 0 saturated carbocycles. The van der Waals surface area contributed by atoms with Gasteiger partial charge >= 0.3 is 0 Å². The zero-order valence-corrected chi connectivity index (χ0v) is 21.8. The zero-order chi connectivity index (χ0) is 25.3. The minimum Gasteiger partial charge on any atom is -0.341 e. The van der Waals surface area contributed by atoms with Gasteiger partial charge in [0.15, 0.2) is 0 Å². The maximum absolute atomic E-state index is 13.9. The maximum Gasteiger partial charge on any atom is 0.250 e. The Morgan fingerprint density at radius 2 is 1.53 bits per heavy atom. The topological polar surface area (TPSA) is 81.2 Å². The van der Waals surface area contributed by atoms with Crippen LogP contribution < -0.4 is 4.90 Å². The van der Waals surface area contributed by atoms with Crippen LogP contribution in [-0.2, 0) is 19.6 Å². The van der Waals surface area contributed by atoms with Crippen molar-refractivity contribution in [2.75, 3.05) is 44.3 Å². The van der Waals surface area contributed by atoms with E-state index < -0.39 is 15.6 Å². The Balaban J connectivity index is 1.37. The molecule has 3 saturated heterocycles. The van der Waals surface area contributed by atoms with Gasteiger partial charge in [-0.15, -0.1) is 0 Å². The molecule has 36 heavy (non-hydrogen) atoms. The summed E-state index contributed by atoms with van der Waals surface area (Å²) in [5, 5.41) is 0.473. The first-order valence-electron chi connectivity index (χ1n) is 12.5. The van der Waals surface area contributed by atoms with E-state index in [0.29, 0.717) is 24.5 Å². The number of hydrogen-bond donors (Lipinski definition) is 0. The number of halogens is 1. The van der Waals surface area contributed by atoms with Gasteiger partial charge in [0.25, 0.3) is 0 Å². The largest absolute Gasteiger partial charge is 0.341 e. The Kier molecular flexibility index (Phi) is 6.98. The smallest absolute Gasteiger partial charge is 0.250 e. The van der Waals surface area contributed by atoms with Gasteiger partial charge in [0.1, 0.15) is 12.1 Å². The second kappa shape index (κ2) is 10.0. The van der Waals surface area contributed by atoms with Crippen molar-refractivity contribution in [2.24, 2.45) is 0 Å². The van der Waals surface area contributed by atoms with Crippen LogP contribution >= 0.6 is 11.6 Å². The molecular formula is C26H31ClN4O4S. The molecule has 0 radical (unpaired) electrons. The molecule has 2 aromatic rings. The Morgan fingerprint density at radius 1 is 0.889 bits per heavy atom. The lowest BCUT2D eigenvalue weighted by Gasteiger charge is -2.42. The quantitative estimate of drug-likeness (QED) is 0.593. The van der Waals surface area contributed by atoms with Gasteiger partial charge in [-0.2, -0.15) is 4.31 Å². The molecule has 2 aromatic carbocycles. The van der Waals surface area contributed by atoms with E-state index >= 15 is 0 Å². The van der Waals surface area contributed by atoms with Crippen molar-refractivity contribution in [3.05, 3.63) is 59.6 Å². The summed E-state index contributed by atoms with van der Waals surface area (Å²) in [6.07, 6.45) is 3.83. The second-order valence-electron chi connectivity index (χ2n) is 9.74. The summed E-state index contributed by atoms with van der Waals surface area (Å²) in [5.74, 6) is -0.115. The van der Waals surface area contributed by atoms with Gasteiger partial charge in [-0.1, -0.05) is 29.8 Å². The molecule has 8 nitrogen and oxygen atoms in total. The highest BCUT2D eigenvalue weighted by atomic mass is 35.5. The minimum atomic E-state index is -3.70. The van der Waals surface area contributed by atoms with Crippen molar-refractivity contribution < 1.29 is 18.0 Å². The monoisotopic (exact) mass is 530 g/mol. The third-order valence-corrected chi connectivity index (χ3v) is 9.78. The van der Waals surface area contributed by atoms with Gasteiger partial charge in [0, 0.05) is 36.9 Å². The third kappa shape index (κ3) is 4.60. The molecule has 0 aromatic heterocycles. The highest BCUT2D eigenvalue weighted by Crippen LogP contribution is 2.40. The van der Waals surface area contributed by atoms with E-state index in [-0.39, 0.29) is 36.3 Å². The fraction of sp³-hybridized carbons (Fsp3) is 0.462. The lowest BCUT2D eigenvalue weighted by Crippen LogP contribution is -2.57. The third-order valence-electron chi connectivity index (χ3n) is 7.62. The summed E-state index contributed by atoms with van der Waals surface area (Å²) in [4.78, 5) is 32.6. The molecule has 3 aliphatic rings. The molecule has 10 heteroatoms. The predicted octanol–water partition coefficient (Wildman–Crippen LogP) is 3.18. The first-order chi connectivity index (χ1) is 17.3. The van der Waals surface area contributed by atoms with Crippen LogP contribution in [0.15, 0.2) is 59.5 Å². The van der Waals surface area contributed by atoms with E-state index in [1.165, 1.54) is 16.4 Å². The maximum atomic E-state index is 13.9. The highest BCUT2D eigenvalue weighted by Gasteiger charge is 2.55. The van der Waals surface area contributed by atoms with Crippen molar-refractivity contribution in [1.29, 1.82) is 0 Å². The molecule has 2 amide bonds. The Labute approximate surface area is 217 Å². The molecule has 3 fully saturated rings. The normalized spacial score (nSPS) is 20.8. The number of nitrogens with zero attached hydrogens (tertiary/aromatic N) is 4. The van der Waals surface area contributed by atoms with Gasteiger partial charge in [0.05, 0.1) is 11.6 Å². The van der Waals surface area contributed by atoms with Crippen LogP contribution in [-0.4, -0.2) is 79.3 Å². The first kappa shape index (κ1) is 25.0. The van der Waals surface area contributed by atoms with Crippen LogP contribution in [0.2, 0.25) is 5.02 Å². The number of rotatable bonds is 5. The van der Waals surface area contributed by atoms with Gasteiger partial charge in [0.2, 0.25) is 21.8 Å². The van der Waals surface area contributed by atoms with E-state index in [9.17, 15) is 18.0 Å². The molecule has 0 N–H and O–H groups in total. The second-order valence-corrected chi connectivity index (χ2v) is 12.1. The van der Waals surface area contributed by atoms with Crippen LogP contribution in [0.4, 0.5) is 5.69 Å². The average Bonchev–Trinajstić information content (AvgIpc) is 3.16. The molecule has 1 spiro atoms. The fourth-order valence-corrected chi connectivity index (χ4v) is 7.15. The van der Waals surface area contributed by atoms with Gasteiger partial charge < -0.3 is 14.7 Å². The number of hydrogen-bond acceptors (Lipinski definition) is 5. The Bertz CT molecular complexity index is 1210. The number of benzene rings is 2. The summed E-state index contributed by atoms with van der Waals surface area (Å²) in [7, 11) is -3.70. The van der Waals surface area contributed by atoms with E-state index in [1.807, 2.05) is 35.2 Å². The highest BCUT2D eigenvalue weighted by molar-refractivity contribution is 7.89. The predicted molar refractivity (Wildman–Crippen MR) is 138 cm³/mol. The molecule has 5 rings (SSSR count). The number of anilines is 1. The summed E-state index contributed by atoms with van der Waals surface area (Å²) < 4.78 is 27.9. The molecule has 3 aliphatic heterocycles. The minimum absolute atomic E-state index is 0.0177. The molecule has 0 aliphatic carbocycles. The van der Waals surface area contributed by atoms with E-state index in [0.717, 1.165) is 38.0 Å². The van der Waals surface area contributed by atoms with Crippen LogP contribution in [0.5, 0.6) is 0 Å². The molecular weight excluding hydrogens is 500 g/mol. The Hall–Kier alpha value is -2.62. The number of amides is 2. The number of sulfonamides is 1. The van der Waals surface area contributed by atoms with E-state index in [1.54, 1.807) is 17.0 Å². The van der Waals surface area contributed by atoms with Crippen molar-refractivity contribution in [2.45, 2.75) is 42.5 Å². The van der Waals surface area contributed by atoms with Gasteiger partial charge in [-0.3, -0.25) is 9.59 Å². The molecule has 192 valence electrons. The Morgan fingerprint density at radius 3 is 2.17 bits per heavy atom.